The summed E-state index contributed by atoms with van der Waals surface area (Å²) >= 11 is 0. The van der Waals surface area contributed by atoms with Gasteiger partial charge >= 0.3 is 56.2 Å². The van der Waals surface area contributed by atoms with Crippen molar-refractivity contribution < 1.29 is 118 Å². The van der Waals surface area contributed by atoms with E-state index in [-0.39, 0.29) is 17.5 Å². The molecule has 0 aliphatic carbocycles. The second-order valence-corrected chi connectivity index (χ2v) is 21.6. The molecule has 3 fully saturated rings. The van der Waals surface area contributed by atoms with Crippen LogP contribution in [0, 0.1) is 0 Å². The fraction of sp³-hybridized carbons (Fsp3) is 0.556. The van der Waals surface area contributed by atoms with Crippen molar-refractivity contribution in [1.82, 2.24) is 28.7 Å². The molecule has 0 spiro atoms. The van der Waals surface area contributed by atoms with Crippen molar-refractivity contribution in [2.75, 3.05) is 37.0 Å². The molecule has 0 aromatic carbocycles. The first-order valence-electron chi connectivity index (χ1n) is 18.7. The molecule has 6 rings (SSSR count). The molecule has 6 heterocycles. The van der Waals surface area contributed by atoms with E-state index < -0.39 is 150 Å². The largest absolute Gasteiger partial charge is 0.490 e. The molecule has 3 aromatic heterocycles. The number of nitrogens with two attached hydrogens (primary N) is 3. The van der Waals surface area contributed by atoms with E-state index in [1.807, 2.05) is 0 Å². The van der Waals surface area contributed by atoms with Crippen LogP contribution in [0.15, 0.2) is 51.2 Å². The van der Waals surface area contributed by atoms with Gasteiger partial charge in [0.2, 0.25) is 0 Å². The Morgan fingerprint density at radius 1 is 0.493 bits per heavy atom. The molecule has 3 aliphatic heterocycles. The Hall–Kier alpha value is -3.61. The van der Waals surface area contributed by atoms with Crippen LogP contribution in [0.5, 0.6) is 0 Å². The number of phosphoric ester groups is 3. The Kier molecular flexibility index (Phi) is 16.5. The van der Waals surface area contributed by atoms with Gasteiger partial charge in [-0.05, 0) is 18.2 Å². The summed E-state index contributed by atoms with van der Waals surface area (Å²) in [6.45, 7) is -3.67. The average molecular weight is 1090 g/mol. The number of aromatic nitrogens is 6. The third-order valence-electron chi connectivity index (χ3n) is 9.47. The number of hydrogen-bond donors (Lipinski definition) is 13. The number of rotatable bonds is 20. The topological polar surface area (TPSA) is 563 Å². The normalized spacial score (nSPS) is 32.0. The maximum atomic E-state index is 13.5. The molecule has 3 saturated heterocycles. The van der Waals surface area contributed by atoms with Crippen LogP contribution in [-0.2, 0) is 68.3 Å². The zero-order chi connectivity index (χ0) is 51.2. The van der Waals surface area contributed by atoms with Gasteiger partial charge in [0.25, 0.3) is 0 Å². The van der Waals surface area contributed by atoms with Crippen molar-refractivity contribution in [1.29, 1.82) is 0 Å². The molecule has 0 saturated carbocycles. The van der Waals surface area contributed by atoms with Gasteiger partial charge in [-0.15, -0.1) is 0 Å². The molecular formula is C27H40N9O28P5. The van der Waals surface area contributed by atoms with Crippen LogP contribution in [0.2, 0.25) is 0 Å². The predicted octanol–water partition coefficient (Wildman–Crippen LogP) is -5.01. The van der Waals surface area contributed by atoms with Crippen LogP contribution in [0.3, 0.4) is 0 Å². The van der Waals surface area contributed by atoms with Gasteiger partial charge in [-0.3, -0.25) is 36.3 Å². The maximum absolute atomic E-state index is 13.5. The number of anilines is 3. The highest BCUT2D eigenvalue weighted by molar-refractivity contribution is 7.66. The number of nitrogen functional groups attached to an aromatic ring is 3. The minimum atomic E-state index is -6.02. The van der Waals surface area contributed by atoms with Gasteiger partial charge in [-0.2, -0.15) is 23.6 Å². The van der Waals surface area contributed by atoms with E-state index in [0.717, 1.165) is 35.3 Å². The first-order chi connectivity index (χ1) is 31.8. The van der Waals surface area contributed by atoms with Crippen molar-refractivity contribution >= 4 is 56.6 Å². The summed E-state index contributed by atoms with van der Waals surface area (Å²) in [7, 11) is -28.8. The second kappa shape index (κ2) is 20.9. The number of hydrogen-bond acceptors (Lipinski definition) is 28. The molecule has 42 heteroatoms. The SMILES string of the molecule is Nc1ccn([C@@H]2O[C@H](COP(=O)(O)O[C@@H]3[C@H](O)[C@@H](COP(=O)(O)O[C@@H]4[C@H](O)[C@@H](COP(=O)(O)OP(=O)(O)OP(=O)(O)O)O[C@H]4n4ccc(N)nc4=O)O[C@H]3n3ccc(N)nc3=O)[C@@H](O)[C@H]2O)c(=O)n1. The molecule has 16 atom stereocenters. The molecule has 3 aliphatic rings. The van der Waals surface area contributed by atoms with Crippen LogP contribution in [-0.4, -0.2) is 153 Å². The minimum Gasteiger partial charge on any atom is -0.387 e. The summed E-state index contributed by atoms with van der Waals surface area (Å²) in [4.78, 5) is 107. The van der Waals surface area contributed by atoms with Gasteiger partial charge < -0.3 is 81.2 Å². The zero-order valence-corrected chi connectivity index (χ0v) is 38.5. The molecule has 69 heavy (non-hydrogen) atoms. The fourth-order valence-corrected chi connectivity index (χ4v) is 11.4. The molecule has 0 amide bonds. The Bertz CT molecular complexity index is 2800. The van der Waals surface area contributed by atoms with Crippen molar-refractivity contribution in [3.63, 3.8) is 0 Å². The standard InChI is InChI=1S/C27H40N9O28P5/c28-13-1-4-34(25(41)31-13)22-19(40)16(37)10(58-22)7-55-66(47,48)61-20-17(38)11(59-23(20)35-5-2-14(29)32-26(35)42)8-56-67(49,50)62-21-18(39)12(60-24(21)36-6-3-15(30)33-27(36)43)9-57-68(51,52)64-69(53,54)63-65(44,45)46/h1-6,10-12,16-24,37-40H,7-9H2,(H,47,48)(H,49,50)(H,51,52)(H,53,54)(H2,28,31,41)(H2,29,32,42)(H2,30,33,43)(H2,44,45,46)/t10-,11-,12-,16-,17-,18-,19-,20-,21-,22-,23-,24-/m1/s1. The molecule has 0 radical (unpaired) electrons. The van der Waals surface area contributed by atoms with E-state index >= 15 is 0 Å². The second-order valence-electron chi connectivity index (χ2n) is 14.3. The lowest BCUT2D eigenvalue weighted by atomic mass is 10.1. The average Bonchev–Trinajstić information content (AvgIpc) is 3.78. The highest BCUT2D eigenvalue weighted by Gasteiger charge is 2.54. The number of phosphoric acid groups is 5. The summed E-state index contributed by atoms with van der Waals surface area (Å²) in [5, 5.41) is 43.5. The van der Waals surface area contributed by atoms with Gasteiger partial charge in [0.05, 0.1) is 19.8 Å². The lowest BCUT2D eigenvalue weighted by Crippen LogP contribution is -2.39. The van der Waals surface area contributed by atoms with Gasteiger partial charge in [0.15, 0.2) is 18.7 Å². The van der Waals surface area contributed by atoms with Crippen LogP contribution < -0.4 is 34.3 Å². The summed E-state index contributed by atoms with van der Waals surface area (Å²) in [6, 6.07) is 3.23. The van der Waals surface area contributed by atoms with E-state index in [0.29, 0.717) is 9.13 Å². The van der Waals surface area contributed by atoms with Crippen molar-refractivity contribution in [3.8, 4) is 0 Å². The quantitative estimate of drug-likeness (QED) is 0.0471. The Morgan fingerprint density at radius 3 is 1.19 bits per heavy atom. The summed E-state index contributed by atoms with van der Waals surface area (Å²) in [6.07, 6.45) is -20.9. The molecule has 16 N–H and O–H groups in total. The van der Waals surface area contributed by atoms with Crippen molar-refractivity contribution in [2.24, 2.45) is 0 Å². The summed E-state index contributed by atoms with van der Waals surface area (Å²) in [5.41, 5.74) is 13.1. The summed E-state index contributed by atoms with van der Waals surface area (Å²) < 4.78 is 112. The lowest BCUT2D eigenvalue weighted by Gasteiger charge is -2.25. The smallest absolute Gasteiger partial charge is 0.387 e. The molecule has 386 valence electrons. The highest BCUT2D eigenvalue weighted by atomic mass is 31.3. The van der Waals surface area contributed by atoms with E-state index in [1.54, 1.807) is 0 Å². The highest BCUT2D eigenvalue weighted by Crippen LogP contribution is 2.66. The first kappa shape index (κ1) is 54.7. The van der Waals surface area contributed by atoms with Gasteiger partial charge in [0.1, 0.15) is 72.4 Å². The van der Waals surface area contributed by atoms with Crippen LogP contribution >= 0.6 is 39.1 Å². The predicted molar refractivity (Wildman–Crippen MR) is 216 cm³/mol. The van der Waals surface area contributed by atoms with E-state index in [9.17, 15) is 77.2 Å². The van der Waals surface area contributed by atoms with Crippen molar-refractivity contribution in [2.45, 2.75) is 73.6 Å². The van der Waals surface area contributed by atoms with Crippen LogP contribution in [0.1, 0.15) is 18.7 Å². The molecule has 37 nitrogen and oxygen atoms in total. The Morgan fingerprint density at radius 2 is 0.826 bits per heavy atom. The van der Waals surface area contributed by atoms with Crippen LogP contribution in [0.4, 0.5) is 17.5 Å². The number of ether oxygens (including phenoxy) is 3. The van der Waals surface area contributed by atoms with E-state index in [4.69, 9.17) is 59.3 Å². The molecule has 4 unspecified atom stereocenters. The monoisotopic (exact) mass is 1090 g/mol. The zero-order valence-electron chi connectivity index (χ0n) is 34.0. The first-order valence-corrected chi connectivity index (χ1v) is 26.2. The third kappa shape index (κ3) is 13.7. The Labute approximate surface area is 381 Å². The number of aliphatic hydroxyl groups is 4. The summed E-state index contributed by atoms with van der Waals surface area (Å²) in [5.74, 6) is -0.857. The third-order valence-corrected chi connectivity index (χ3v) is 15.2. The van der Waals surface area contributed by atoms with Gasteiger partial charge in [-0.1, -0.05) is 0 Å². The van der Waals surface area contributed by atoms with E-state index in [1.165, 1.54) is 6.07 Å². The Balaban J connectivity index is 1.16. The van der Waals surface area contributed by atoms with Crippen LogP contribution in [0.25, 0.3) is 0 Å². The maximum Gasteiger partial charge on any atom is 0.490 e. The lowest BCUT2D eigenvalue weighted by molar-refractivity contribution is -0.0679. The van der Waals surface area contributed by atoms with Gasteiger partial charge in [0, 0.05) is 18.6 Å². The number of nitrogens with zero attached hydrogens (tertiary/aromatic N) is 6. The molecular weight excluding hydrogens is 1050 g/mol. The fourth-order valence-electron chi connectivity index (χ4n) is 6.52. The van der Waals surface area contributed by atoms with Crippen molar-refractivity contribution in [3.05, 3.63) is 68.2 Å². The molecule has 0 bridgehead atoms. The number of aliphatic hydroxyl groups excluding tert-OH is 4. The molecule has 3 aromatic rings. The minimum absolute atomic E-state index is 0.181. The van der Waals surface area contributed by atoms with E-state index in [2.05, 4.69) is 28.1 Å². The van der Waals surface area contributed by atoms with Gasteiger partial charge in [-0.25, -0.2) is 37.2 Å².